The molecule has 0 bridgehead atoms. The van der Waals surface area contributed by atoms with E-state index in [0.717, 1.165) is 17.4 Å². The van der Waals surface area contributed by atoms with E-state index in [1.807, 2.05) is 0 Å². The van der Waals surface area contributed by atoms with E-state index in [-0.39, 0.29) is 0 Å². The Balaban J connectivity index is 2.11. The number of rotatable bonds is 2. The molecule has 0 aliphatic carbocycles. The van der Waals surface area contributed by atoms with E-state index in [1.54, 1.807) is 0 Å². The normalized spacial score (nSPS) is 21.4. The summed E-state index contributed by atoms with van der Waals surface area (Å²) in [7, 11) is 0. The van der Waals surface area contributed by atoms with Gasteiger partial charge >= 0.3 is 0 Å². The fraction of sp³-hybridized carbons (Fsp3) is 0.500. The first-order valence-electron chi connectivity index (χ1n) is 5.23. The smallest absolute Gasteiger partial charge is 0.0376 e. The number of hydrogen-bond donors (Lipinski definition) is 1. The Hall–Kier alpha value is -0.630. The molecule has 1 aliphatic rings. The van der Waals surface area contributed by atoms with Gasteiger partial charge in [-0.25, -0.2) is 0 Å². The first-order valence-corrected chi connectivity index (χ1v) is 6.28. The Morgan fingerprint density at radius 2 is 2.36 bits per heavy atom. The third-order valence-electron chi connectivity index (χ3n) is 2.89. The zero-order valence-electron chi connectivity index (χ0n) is 8.62. The van der Waals surface area contributed by atoms with Crippen LogP contribution in [0.3, 0.4) is 0 Å². The summed E-state index contributed by atoms with van der Waals surface area (Å²) in [6, 6.07) is 6.36. The lowest BCUT2D eigenvalue weighted by Crippen LogP contribution is -2.05. The molecular weight excluding hydrogens is 190 g/mol. The van der Waals surface area contributed by atoms with Crippen molar-refractivity contribution >= 4 is 17.4 Å². The SMILES string of the molecule is Cc1cccc(CC2CCCS2)c1N. The number of thioether (sulfide) groups is 1. The van der Waals surface area contributed by atoms with Gasteiger partial charge < -0.3 is 5.73 Å². The zero-order chi connectivity index (χ0) is 9.97. The van der Waals surface area contributed by atoms with Crippen LogP contribution < -0.4 is 5.73 Å². The number of nitrogens with two attached hydrogens (primary N) is 1. The molecule has 2 heteroatoms. The van der Waals surface area contributed by atoms with E-state index >= 15 is 0 Å². The topological polar surface area (TPSA) is 26.0 Å². The van der Waals surface area contributed by atoms with Gasteiger partial charge in [0.05, 0.1) is 0 Å². The molecule has 0 spiro atoms. The molecule has 0 amide bonds. The second-order valence-corrected chi connectivity index (χ2v) is 5.40. The number of aryl methyl sites for hydroxylation is 1. The Labute approximate surface area is 90.1 Å². The monoisotopic (exact) mass is 207 g/mol. The molecule has 14 heavy (non-hydrogen) atoms. The highest BCUT2D eigenvalue weighted by atomic mass is 32.2. The third-order valence-corrected chi connectivity index (χ3v) is 4.28. The highest BCUT2D eigenvalue weighted by molar-refractivity contribution is 8.00. The van der Waals surface area contributed by atoms with Gasteiger partial charge in [0, 0.05) is 10.9 Å². The van der Waals surface area contributed by atoms with Gasteiger partial charge in [-0.3, -0.25) is 0 Å². The predicted octanol–water partition coefficient (Wildman–Crippen LogP) is 3.02. The van der Waals surface area contributed by atoms with Gasteiger partial charge in [-0.1, -0.05) is 18.2 Å². The van der Waals surface area contributed by atoms with Crippen molar-refractivity contribution in [1.82, 2.24) is 0 Å². The number of anilines is 1. The number of hydrogen-bond acceptors (Lipinski definition) is 2. The van der Waals surface area contributed by atoms with Gasteiger partial charge in [-0.2, -0.15) is 11.8 Å². The summed E-state index contributed by atoms with van der Waals surface area (Å²) in [6.07, 6.45) is 3.89. The Kier molecular flexibility index (Phi) is 3.02. The minimum atomic E-state index is 0.805. The second kappa shape index (κ2) is 4.26. The second-order valence-electron chi connectivity index (χ2n) is 3.99. The molecule has 1 heterocycles. The number of benzene rings is 1. The molecule has 1 aromatic rings. The Bertz CT molecular complexity index is 316. The Morgan fingerprint density at radius 1 is 1.50 bits per heavy atom. The highest BCUT2D eigenvalue weighted by Gasteiger charge is 2.17. The fourth-order valence-electron chi connectivity index (χ4n) is 1.97. The van der Waals surface area contributed by atoms with Gasteiger partial charge in [0.2, 0.25) is 0 Å². The minimum Gasteiger partial charge on any atom is -0.398 e. The van der Waals surface area contributed by atoms with Crippen molar-refractivity contribution in [1.29, 1.82) is 0 Å². The fourth-order valence-corrected chi connectivity index (χ4v) is 3.27. The molecule has 1 nitrogen and oxygen atoms in total. The van der Waals surface area contributed by atoms with Crippen molar-refractivity contribution < 1.29 is 0 Å². The first-order chi connectivity index (χ1) is 6.77. The van der Waals surface area contributed by atoms with Crippen LogP contribution in [0.5, 0.6) is 0 Å². The zero-order valence-corrected chi connectivity index (χ0v) is 9.44. The molecule has 1 unspecified atom stereocenters. The van der Waals surface area contributed by atoms with Crippen LogP contribution in [0.25, 0.3) is 0 Å². The lowest BCUT2D eigenvalue weighted by atomic mass is 10.0. The van der Waals surface area contributed by atoms with E-state index < -0.39 is 0 Å². The van der Waals surface area contributed by atoms with Gasteiger partial charge in [-0.15, -0.1) is 0 Å². The minimum absolute atomic E-state index is 0.805. The van der Waals surface area contributed by atoms with E-state index in [0.29, 0.717) is 0 Å². The summed E-state index contributed by atoms with van der Waals surface area (Å²) in [6.45, 7) is 2.08. The number of nitrogen functional groups attached to an aromatic ring is 1. The maximum Gasteiger partial charge on any atom is 0.0376 e. The molecule has 0 aromatic heterocycles. The summed E-state index contributed by atoms with van der Waals surface area (Å²) in [4.78, 5) is 0. The molecule has 1 fully saturated rings. The molecule has 1 atom stereocenters. The summed E-state index contributed by atoms with van der Waals surface area (Å²) < 4.78 is 0. The largest absolute Gasteiger partial charge is 0.398 e. The molecule has 0 saturated carbocycles. The first kappa shape index (κ1) is 9.91. The maximum atomic E-state index is 6.05. The van der Waals surface area contributed by atoms with E-state index in [4.69, 9.17) is 5.73 Å². The summed E-state index contributed by atoms with van der Waals surface area (Å²) in [5, 5.41) is 0.805. The molecule has 1 saturated heterocycles. The quantitative estimate of drug-likeness (QED) is 0.754. The van der Waals surface area contributed by atoms with Crippen molar-refractivity contribution in [2.24, 2.45) is 0 Å². The molecule has 1 aliphatic heterocycles. The van der Waals surface area contributed by atoms with Crippen molar-refractivity contribution in [2.45, 2.75) is 31.4 Å². The van der Waals surface area contributed by atoms with Gasteiger partial charge in [0.15, 0.2) is 0 Å². The Morgan fingerprint density at radius 3 is 3.07 bits per heavy atom. The summed E-state index contributed by atoms with van der Waals surface area (Å²) in [5.41, 5.74) is 9.60. The summed E-state index contributed by atoms with van der Waals surface area (Å²) in [5.74, 6) is 1.33. The number of para-hydroxylation sites is 1. The highest BCUT2D eigenvalue weighted by Crippen LogP contribution is 2.30. The van der Waals surface area contributed by atoms with Crippen LogP contribution in [-0.2, 0) is 6.42 Å². The van der Waals surface area contributed by atoms with Crippen molar-refractivity contribution in [3.8, 4) is 0 Å². The van der Waals surface area contributed by atoms with Crippen molar-refractivity contribution in [2.75, 3.05) is 11.5 Å². The van der Waals surface area contributed by atoms with Crippen LogP contribution in [0.1, 0.15) is 24.0 Å². The van der Waals surface area contributed by atoms with Crippen LogP contribution in [0.2, 0.25) is 0 Å². The van der Waals surface area contributed by atoms with Crippen LogP contribution in [-0.4, -0.2) is 11.0 Å². The average molecular weight is 207 g/mol. The standard InChI is InChI=1S/C12H17NS/c1-9-4-2-5-10(12(9)13)8-11-6-3-7-14-11/h2,4-5,11H,3,6-8,13H2,1H3. The van der Waals surface area contributed by atoms with Gasteiger partial charge in [0.25, 0.3) is 0 Å². The molecular formula is C12H17NS. The molecule has 2 N–H and O–H groups in total. The van der Waals surface area contributed by atoms with Crippen molar-refractivity contribution in [3.63, 3.8) is 0 Å². The predicted molar refractivity (Wildman–Crippen MR) is 64.8 cm³/mol. The summed E-state index contributed by atoms with van der Waals surface area (Å²) >= 11 is 2.10. The van der Waals surface area contributed by atoms with Crippen LogP contribution >= 0.6 is 11.8 Å². The van der Waals surface area contributed by atoms with Crippen LogP contribution in [0.15, 0.2) is 18.2 Å². The maximum absolute atomic E-state index is 6.05. The lowest BCUT2D eigenvalue weighted by Gasteiger charge is -2.12. The average Bonchev–Trinajstić information content (AvgIpc) is 2.66. The van der Waals surface area contributed by atoms with Gasteiger partial charge in [0.1, 0.15) is 0 Å². The van der Waals surface area contributed by atoms with E-state index in [2.05, 4.69) is 36.9 Å². The van der Waals surface area contributed by atoms with Crippen molar-refractivity contribution in [3.05, 3.63) is 29.3 Å². The molecule has 1 aromatic carbocycles. The van der Waals surface area contributed by atoms with Crippen LogP contribution in [0, 0.1) is 6.92 Å². The van der Waals surface area contributed by atoms with E-state index in [1.165, 1.54) is 29.7 Å². The van der Waals surface area contributed by atoms with Gasteiger partial charge in [-0.05, 0) is 43.1 Å². The molecule has 2 rings (SSSR count). The molecule has 0 radical (unpaired) electrons. The van der Waals surface area contributed by atoms with Crippen LogP contribution in [0.4, 0.5) is 5.69 Å². The van der Waals surface area contributed by atoms with E-state index in [9.17, 15) is 0 Å². The molecule has 76 valence electrons. The third kappa shape index (κ3) is 2.06. The lowest BCUT2D eigenvalue weighted by molar-refractivity contribution is 0.778.